The van der Waals surface area contributed by atoms with Crippen molar-refractivity contribution in [2.45, 2.75) is 32.6 Å². The Morgan fingerprint density at radius 3 is 2.73 bits per heavy atom. The molecular weight excluding hydrogens is 186 g/mol. The molecule has 2 N–H and O–H groups in total. The van der Waals surface area contributed by atoms with Crippen molar-refractivity contribution in [3.05, 3.63) is 23.8 Å². The monoisotopic (exact) mass is 205 g/mol. The maximum atomic E-state index is 5.88. The van der Waals surface area contributed by atoms with Gasteiger partial charge in [-0.15, -0.1) is 0 Å². The number of hydrogen-bond acceptors (Lipinski definition) is 2. The quantitative estimate of drug-likeness (QED) is 0.769. The molecule has 0 saturated heterocycles. The lowest BCUT2D eigenvalue weighted by atomic mass is 10.1. The molecule has 0 unspecified atom stereocenters. The van der Waals surface area contributed by atoms with Crippen LogP contribution in [0.5, 0.6) is 5.75 Å². The van der Waals surface area contributed by atoms with Crippen LogP contribution in [0.1, 0.15) is 31.2 Å². The van der Waals surface area contributed by atoms with Crippen LogP contribution in [0, 0.1) is 12.8 Å². The molecule has 0 spiro atoms. The number of rotatable bonds is 3. The predicted molar refractivity (Wildman–Crippen MR) is 63.0 cm³/mol. The molecule has 15 heavy (non-hydrogen) atoms. The van der Waals surface area contributed by atoms with Crippen LogP contribution in [0.15, 0.2) is 18.2 Å². The van der Waals surface area contributed by atoms with Crippen molar-refractivity contribution in [2.75, 3.05) is 12.3 Å². The van der Waals surface area contributed by atoms with Crippen molar-refractivity contribution in [1.82, 2.24) is 0 Å². The van der Waals surface area contributed by atoms with Crippen molar-refractivity contribution >= 4 is 5.69 Å². The Bertz CT molecular complexity index is 329. The number of aryl methyl sites for hydroxylation is 1. The Labute approximate surface area is 91.4 Å². The molecule has 1 aromatic carbocycles. The van der Waals surface area contributed by atoms with Crippen molar-refractivity contribution in [2.24, 2.45) is 5.92 Å². The predicted octanol–water partition coefficient (Wildman–Crippen LogP) is 3.15. The molecule has 0 atom stereocenters. The molecule has 1 saturated carbocycles. The molecule has 2 heteroatoms. The molecule has 2 rings (SSSR count). The fourth-order valence-electron chi connectivity index (χ4n) is 2.18. The van der Waals surface area contributed by atoms with E-state index in [1.807, 2.05) is 25.1 Å². The first kappa shape index (κ1) is 10.3. The molecule has 0 radical (unpaired) electrons. The molecule has 1 aromatic rings. The van der Waals surface area contributed by atoms with Gasteiger partial charge in [0, 0.05) is 0 Å². The third kappa shape index (κ3) is 2.65. The summed E-state index contributed by atoms with van der Waals surface area (Å²) in [5, 5.41) is 0. The summed E-state index contributed by atoms with van der Waals surface area (Å²) in [6.07, 6.45) is 5.34. The number of nitrogen functional groups attached to an aromatic ring is 1. The van der Waals surface area contributed by atoms with Crippen LogP contribution in [0.4, 0.5) is 5.69 Å². The number of ether oxygens (including phenoxy) is 1. The van der Waals surface area contributed by atoms with Gasteiger partial charge in [0.1, 0.15) is 5.75 Å². The number of hydrogen-bond donors (Lipinski definition) is 1. The van der Waals surface area contributed by atoms with E-state index < -0.39 is 0 Å². The van der Waals surface area contributed by atoms with Gasteiger partial charge in [0.2, 0.25) is 0 Å². The lowest BCUT2D eigenvalue weighted by Gasteiger charge is -2.13. The van der Waals surface area contributed by atoms with Gasteiger partial charge in [-0.1, -0.05) is 18.9 Å². The molecule has 1 aliphatic carbocycles. The van der Waals surface area contributed by atoms with Gasteiger partial charge in [-0.05, 0) is 43.4 Å². The van der Waals surface area contributed by atoms with Crippen LogP contribution in [0.3, 0.4) is 0 Å². The molecule has 0 heterocycles. The van der Waals surface area contributed by atoms with Gasteiger partial charge in [0.15, 0.2) is 0 Å². The summed E-state index contributed by atoms with van der Waals surface area (Å²) >= 11 is 0. The van der Waals surface area contributed by atoms with E-state index in [0.717, 1.165) is 24.0 Å². The Kier molecular flexibility index (Phi) is 3.14. The second-order valence-corrected chi connectivity index (χ2v) is 4.50. The van der Waals surface area contributed by atoms with E-state index in [1.54, 1.807) is 0 Å². The zero-order valence-electron chi connectivity index (χ0n) is 9.33. The molecule has 0 amide bonds. The second-order valence-electron chi connectivity index (χ2n) is 4.50. The Hall–Kier alpha value is -1.18. The number of benzene rings is 1. The summed E-state index contributed by atoms with van der Waals surface area (Å²) in [7, 11) is 0. The third-order valence-electron chi connectivity index (χ3n) is 3.11. The van der Waals surface area contributed by atoms with E-state index in [4.69, 9.17) is 10.5 Å². The Morgan fingerprint density at radius 1 is 1.33 bits per heavy atom. The van der Waals surface area contributed by atoms with Crippen molar-refractivity contribution in [3.63, 3.8) is 0 Å². The van der Waals surface area contributed by atoms with E-state index in [1.165, 1.54) is 31.2 Å². The zero-order valence-corrected chi connectivity index (χ0v) is 9.33. The van der Waals surface area contributed by atoms with E-state index in [2.05, 4.69) is 0 Å². The minimum absolute atomic E-state index is 0.741. The summed E-state index contributed by atoms with van der Waals surface area (Å²) in [5.74, 6) is 1.58. The minimum atomic E-state index is 0.741. The summed E-state index contributed by atoms with van der Waals surface area (Å²) in [6, 6.07) is 5.98. The summed E-state index contributed by atoms with van der Waals surface area (Å²) in [5.41, 5.74) is 7.82. The highest BCUT2D eigenvalue weighted by atomic mass is 16.5. The van der Waals surface area contributed by atoms with E-state index >= 15 is 0 Å². The highest BCUT2D eigenvalue weighted by molar-refractivity contribution is 5.53. The van der Waals surface area contributed by atoms with E-state index in [9.17, 15) is 0 Å². The van der Waals surface area contributed by atoms with Crippen LogP contribution >= 0.6 is 0 Å². The lowest BCUT2D eigenvalue weighted by molar-refractivity contribution is 0.253. The number of nitrogens with two attached hydrogens (primary N) is 1. The van der Waals surface area contributed by atoms with Gasteiger partial charge >= 0.3 is 0 Å². The Balaban J connectivity index is 1.92. The fourth-order valence-corrected chi connectivity index (χ4v) is 2.18. The molecule has 0 bridgehead atoms. The standard InChI is InChI=1S/C13H19NO/c1-10-6-7-13(12(14)8-10)15-9-11-4-2-3-5-11/h6-8,11H,2-5,9,14H2,1H3. The van der Waals surface area contributed by atoms with Crippen LogP contribution in [-0.4, -0.2) is 6.61 Å². The van der Waals surface area contributed by atoms with Gasteiger partial charge in [-0.2, -0.15) is 0 Å². The maximum absolute atomic E-state index is 5.88. The highest BCUT2D eigenvalue weighted by Gasteiger charge is 2.15. The first-order valence-corrected chi connectivity index (χ1v) is 5.74. The average molecular weight is 205 g/mol. The third-order valence-corrected chi connectivity index (χ3v) is 3.11. The summed E-state index contributed by atoms with van der Waals surface area (Å²) in [4.78, 5) is 0. The molecular formula is C13H19NO. The van der Waals surface area contributed by atoms with Crippen molar-refractivity contribution in [3.8, 4) is 5.75 Å². The van der Waals surface area contributed by atoms with Crippen LogP contribution in [0.25, 0.3) is 0 Å². The van der Waals surface area contributed by atoms with Gasteiger partial charge in [0.05, 0.1) is 12.3 Å². The highest BCUT2D eigenvalue weighted by Crippen LogP contribution is 2.27. The smallest absolute Gasteiger partial charge is 0.142 e. The molecule has 0 aliphatic heterocycles. The van der Waals surface area contributed by atoms with Gasteiger partial charge in [0.25, 0.3) is 0 Å². The first-order chi connectivity index (χ1) is 7.25. The van der Waals surface area contributed by atoms with E-state index in [-0.39, 0.29) is 0 Å². The minimum Gasteiger partial charge on any atom is -0.491 e. The van der Waals surface area contributed by atoms with Gasteiger partial charge in [-0.3, -0.25) is 0 Å². The zero-order chi connectivity index (χ0) is 10.7. The first-order valence-electron chi connectivity index (χ1n) is 5.74. The second kappa shape index (κ2) is 4.56. The lowest BCUT2D eigenvalue weighted by Crippen LogP contribution is -2.09. The molecule has 82 valence electrons. The fraction of sp³-hybridized carbons (Fsp3) is 0.538. The summed E-state index contributed by atoms with van der Waals surface area (Å²) < 4.78 is 5.75. The SMILES string of the molecule is Cc1ccc(OCC2CCCC2)c(N)c1. The van der Waals surface area contributed by atoms with Crippen LogP contribution in [0.2, 0.25) is 0 Å². The average Bonchev–Trinajstić information content (AvgIpc) is 2.69. The van der Waals surface area contributed by atoms with Crippen molar-refractivity contribution in [1.29, 1.82) is 0 Å². The molecule has 0 aromatic heterocycles. The summed E-state index contributed by atoms with van der Waals surface area (Å²) in [6.45, 7) is 2.87. The van der Waals surface area contributed by atoms with Gasteiger partial charge in [-0.25, -0.2) is 0 Å². The molecule has 1 fully saturated rings. The maximum Gasteiger partial charge on any atom is 0.142 e. The van der Waals surface area contributed by atoms with E-state index in [0.29, 0.717) is 0 Å². The van der Waals surface area contributed by atoms with Crippen LogP contribution in [-0.2, 0) is 0 Å². The Morgan fingerprint density at radius 2 is 2.07 bits per heavy atom. The number of anilines is 1. The van der Waals surface area contributed by atoms with Crippen LogP contribution < -0.4 is 10.5 Å². The normalized spacial score (nSPS) is 16.9. The van der Waals surface area contributed by atoms with Crippen molar-refractivity contribution < 1.29 is 4.74 Å². The molecule has 1 aliphatic rings. The topological polar surface area (TPSA) is 35.2 Å². The largest absolute Gasteiger partial charge is 0.491 e. The molecule has 2 nitrogen and oxygen atoms in total. The van der Waals surface area contributed by atoms with Gasteiger partial charge < -0.3 is 10.5 Å².